The molecule has 0 radical (unpaired) electrons. The molecule has 0 aliphatic carbocycles. The van der Waals surface area contributed by atoms with E-state index < -0.39 is 33.1 Å². The highest BCUT2D eigenvalue weighted by Gasteiger charge is 2.31. The third-order valence-corrected chi connectivity index (χ3v) is 7.79. The molecule has 2 N–H and O–H groups in total. The minimum Gasteiger partial charge on any atom is -0.519 e. The van der Waals surface area contributed by atoms with Crippen molar-refractivity contribution in [2.75, 3.05) is 6.54 Å². The summed E-state index contributed by atoms with van der Waals surface area (Å²) < 4.78 is 12.2. The van der Waals surface area contributed by atoms with Crippen molar-refractivity contribution in [3.05, 3.63) is 0 Å². The summed E-state index contributed by atoms with van der Waals surface area (Å²) >= 11 is 0. The maximum atomic E-state index is 12.8. The van der Waals surface area contributed by atoms with E-state index in [1.165, 1.54) is 0 Å². The predicted molar refractivity (Wildman–Crippen MR) is 129 cm³/mol. The fourth-order valence-electron chi connectivity index (χ4n) is 2.62. The van der Waals surface area contributed by atoms with Crippen LogP contribution in [0, 0.1) is 0 Å². The molecule has 0 aromatic heterocycles. The summed E-state index contributed by atoms with van der Waals surface area (Å²) in [7, 11) is -6.50. The van der Waals surface area contributed by atoms with E-state index in [0.717, 1.165) is 19.4 Å². The first-order chi connectivity index (χ1) is 11.8. The third-order valence-electron chi connectivity index (χ3n) is 3.46. The average Bonchev–Trinajstić information content (AvgIpc) is 2.34. The second kappa shape index (κ2) is 10.3. The van der Waals surface area contributed by atoms with Crippen molar-refractivity contribution >= 4 is 39.1 Å². The molecule has 0 aromatic carbocycles. The van der Waals surface area contributed by atoms with E-state index >= 15 is 0 Å². The maximum absolute atomic E-state index is 12.8. The average molecular weight is 451 g/mol. The van der Waals surface area contributed by atoms with Crippen molar-refractivity contribution in [2.45, 2.75) is 104 Å². The van der Waals surface area contributed by atoms with Crippen molar-refractivity contribution in [3.8, 4) is 0 Å². The van der Waals surface area contributed by atoms with E-state index in [4.69, 9.17) is 8.85 Å². The normalized spacial score (nSPS) is 16.1. The Morgan fingerprint density at radius 2 is 1.30 bits per heavy atom. The lowest BCUT2D eigenvalue weighted by Gasteiger charge is -2.32. The van der Waals surface area contributed by atoms with E-state index in [2.05, 4.69) is 88.5 Å². The quantitative estimate of drug-likeness (QED) is 0.426. The van der Waals surface area contributed by atoms with Gasteiger partial charge >= 0.3 is 5.97 Å². The van der Waals surface area contributed by atoms with Gasteiger partial charge in [0.05, 0.1) is 12.1 Å². The van der Waals surface area contributed by atoms with Crippen LogP contribution in [0.15, 0.2) is 0 Å². The zero-order valence-corrected chi connectivity index (χ0v) is 24.0. The Hall–Kier alpha value is 0.218. The van der Waals surface area contributed by atoms with Gasteiger partial charge in [-0.05, 0) is 52.1 Å². The van der Waals surface area contributed by atoms with Crippen LogP contribution < -0.4 is 9.96 Å². The molecule has 0 fully saturated rings. The molecule has 0 spiro atoms. The molecule has 0 aromatic rings. The van der Waals surface area contributed by atoms with Crippen molar-refractivity contribution < 1.29 is 13.6 Å². The largest absolute Gasteiger partial charge is 0.519 e. The summed E-state index contributed by atoms with van der Waals surface area (Å²) in [6.07, 6.45) is 1.77. The lowest BCUT2D eigenvalue weighted by molar-refractivity contribution is -0.137. The molecular weight excluding hydrogens is 405 g/mol. The van der Waals surface area contributed by atoms with Crippen LogP contribution in [0.25, 0.3) is 0 Å². The molecule has 0 aliphatic rings. The summed E-state index contributed by atoms with van der Waals surface area (Å²) in [5.74, 6) is -0.0819. The second-order valence-electron chi connectivity index (χ2n) is 11.5. The smallest absolute Gasteiger partial charge is 0.309 e. The highest BCUT2D eigenvalue weighted by Crippen LogP contribution is 2.16. The van der Waals surface area contributed by atoms with Crippen LogP contribution in [0.3, 0.4) is 0 Å². The minimum absolute atomic E-state index is 0.0819. The summed E-state index contributed by atoms with van der Waals surface area (Å²) in [5.41, 5.74) is 0. The van der Waals surface area contributed by atoms with E-state index in [1.807, 2.05) is 0 Å². The lowest BCUT2D eigenvalue weighted by Crippen LogP contribution is -2.54. The molecule has 0 amide bonds. The highest BCUT2D eigenvalue weighted by atomic mass is 28.4. The molecule has 0 bridgehead atoms. The number of carbonyl (C=O) groups is 1. The molecular formula is C18H46N2O3Si4. The Kier molecular flexibility index (Phi) is 10.4. The van der Waals surface area contributed by atoms with Gasteiger partial charge in [-0.15, -0.1) is 0 Å². The predicted octanol–water partition coefficient (Wildman–Crippen LogP) is 4.58. The van der Waals surface area contributed by atoms with Gasteiger partial charge < -0.3 is 18.8 Å². The number of carbonyl (C=O) groups excluding carboxylic acids is 1. The van der Waals surface area contributed by atoms with Crippen molar-refractivity contribution in [3.63, 3.8) is 0 Å². The van der Waals surface area contributed by atoms with Gasteiger partial charge in [0.2, 0.25) is 8.32 Å². The SMILES string of the molecule is C[Si](C)(C)NCC(CC[C@H](N[Si](C)(C)C)C(=O)O[Si](C)(C)C)O[Si](C)(C)C. The van der Waals surface area contributed by atoms with Gasteiger partial charge in [-0.25, -0.2) is 0 Å². The molecule has 0 heterocycles. The standard InChI is InChI=1S/C18H46N2O3Si4/c1-24(2,3)19-15-16(22-26(7,8)9)13-14-17(20-25(4,5)6)18(21)23-27(10,11)12/h16-17,19-20H,13-15H2,1-12H3/t16?,17-/m0/s1. The number of nitrogens with one attached hydrogen (secondary N) is 2. The monoisotopic (exact) mass is 450 g/mol. The molecule has 5 nitrogen and oxygen atoms in total. The Morgan fingerprint density at radius 1 is 0.778 bits per heavy atom. The van der Waals surface area contributed by atoms with E-state index in [1.54, 1.807) is 0 Å². The molecule has 162 valence electrons. The van der Waals surface area contributed by atoms with E-state index in [9.17, 15) is 4.79 Å². The first-order valence-corrected chi connectivity index (χ1v) is 24.0. The third kappa shape index (κ3) is 16.8. The summed E-state index contributed by atoms with van der Waals surface area (Å²) in [6, 6.07) is -0.233. The van der Waals surface area contributed by atoms with Crippen LogP contribution in [0.4, 0.5) is 0 Å². The van der Waals surface area contributed by atoms with Gasteiger partial charge in [0.1, 0.15) is 16.5 Å². The molecule has 0 rings (SSSR count). The molecule has 0 saturated carbocycles. The van der Waals surface area contributed by atoms with Gasteiger partial charge in [-0.1, -0.05) is 39.3 Å². The van der Waals surface area contributed by atoms with E-state index in [0.29, 0.717) is 0 Å². The Balaban J connectivity index is 5.12. The summed E-state index contributed by atoms with van der Waals surface area (Å²) in [4.78, 5) is 20.1. The minimum atomic E-state index is -1.90. The van der Waals surface area contributed by atoms with E-state index in [-0.39, 0.29) is 18.1 Å². The van der Waals surface area contributed by atoms with Crippen LogP contribution >= 0.6 is 0 Å². The summed E-state index contributed by atoms with van der Waals surface area (Å²) in [5, 5.41) is 0. The van der Waals surface area contributed by atoms with Gasteiger partial charge in [0.25, 0.3) is 0 Å². The molecule has 0 aliphatic heterocycles. The van der Waals surface area contributed by atoms with Crippen LogP contribution in [0.2, 0.25) is 78.6 Å². The zero-order valence-electron chi connectivity index (χ0n) is 20.0. The number of hydrogen-bond donors (Lipinski definition) is 2. The Morgan fingerprint density at radius 3 is 1.67 bits per heavy atom. The van der Waals surface area contributed by atoms with Crippen molar-refractivity contribution in [1.29, 1.82) is 0 Å². The highest BCUT2D eigenvalue weighted by molar-refractivity contribution is 6.74. The van der Waals surface area contributed by atoms with Crippen LogP contribution in [0.5, 0.6) is 0 Å². The number of hydrogen-bond acceptors (Lipinski definition) is 5. The van der Waals surface area contributed by atoms with Crippen LogP contribution in [-0.2, 0) is 13.6 Å². The van der Waals surface area contributed by atoms with Crippen LogP contribution in [0.1, 0.15) is 12.8 Å². The lowest BCUT2D eigenvalue weighted by atomic mass is 10.1. The van der Waals surface area contributed by atoms with Gasteiger partial charge in [0.15, 0.2) is 8.32 Å². The molecule has 1 unspecified atom stereocenters. The topological polar surface area (TPSA) is 59.6 Å². The van der Waals surface area contributed by atoms with Gasteiger partial charge in [-0.3, -0.25) is 4.79 Å². The first kappa shape index (κ1) is 27.2. The number of rotatable bonds is 12. The molecule has 0 saturated heterocycles. The first-order valence-electron chi connectivity index (χ1n) is 10.2. The molecule has 27 heavy (non-hydrogen) atoms. The maximum Gasteiger partial charge on any atom is 0.309 e. The zero-order chi connectivity index (χ0) is 21.7. The van der Waals surface area contributed by atoms with Crippen molar-refractivity contribution in [2.24, 2.45) is 0 Å². The van der Waals surface area contributed by atoms with Gasteiger partial charge in [0, 0.05) is 6.54 Å². The molecule has 2 atom stereocenters. The summed E-state index contributed by atoms with van der Waals surface area (Å²) in [6.45, 7) is 27.3. The Bertz CT molecular complexity index is 463. The van der Waals surface area contributed by atoms with Crippen LogP contribution in [-0.4, -0.2) is 57.8 Å². The second-order valence-corrected chi connectivity index (χ2v) is 30.1. The van der Waals surface area contributed by atoms with Gasteiger partial charge in [-0.2, -0.15) is 0 Å². The van der Waals surface area contributed by atoms with Crippen molar-refractivity contribution in [1.82, 2.24) is 9.96 Å². The Labute approximate surface area is 172 Å². The fraction of sp³-hybridized carbons (Fsp3) is 0.944. The molecule has 9 heteroatoms. The fourth-order valence-corrected chi connectivity index (χ4v) is 6.71.